The second-order valence-corrected chi connectivity index (χ2v) is 6.64. The zero-order valence-corrected chi connectivity index (χ0v) is 15.3. The highest BCUT2D eigenvalue weighted by molar-refractivity contribution is 6.30. The number of pyridine rings is 2. The van der Waals surface area contributed by atoms with Crippen LogP contribution in [0.15, 0.2) is 73.1 Å². The van der Waals surface area contributed by atoms with E-state index >= 15 is 0 Å². The van der Waals surface area contributed by atoms with Crippen LogP contribution < -0.4 is 14.7 Å². The third-order valence-electron chi connectivity index (χ3n) is 4.38. The Bertz CT molecular complexity index is 1090. The first-order valence-electron chi connectivity index (χ1n) is 8.74. The van der Waals surface area contributed by atoms with Crippen molar-refractivity contribution in [3.63, 3.8) is 0 Å². The van der Waals surface area contributed by atoms with Gasteiger partial charge in [0.2, 0.25) is 0 Å². The molecule has 0 atom stereocenters. The van der Waals surface area contributed by atoms with Crippen LogP contribution in [0.5, 0.6) is 0 Å². The largest absolute Gasteiger partial charge is 0.351 e. The van der Waals surface area contributed by atoms with Gasteiger partial charge in [-0.1, -0.05) is 35.9 Å². The van der Waals surface area contributed by atoms with Crippen molar-refractivity contribution in [3.8, 4) is 11.3 Å². The average Bonchev–Trinajstić information content (AvgIpc) is 3.09. The van der Waals surface area contributed by atoms with Crippen LogP contribution >= 0.6 is 11.6 Å². The number of rotatable bonds is 5. The number of nitrogens with one attached hydrogen (secondary N) is 3. The zero-order chi connectivity index (χ0) is 18.6. The molecule has 3 N–H and O–H groups in total. The van der Waals surface area contributed by atoms with E-state index in [1.54, 1.807) is 0 Å². The molecule has 0 fully saturated rings. The molecule has 0 aliphatic rings. The number of fused-ring (bicyclic) bond motifs is 1. The van der Waals surface area contributed by atoms with Gasteiger partial charge in [0, 0.05) is 35.7 Å². The van der Waals surface area contributed by atoms with Crippen LogP contribution in [-0.2, 0) is 6.42 Å². The fraction of sp³-hybridized carbons (Fsp3) is 0.0952. The van der Waals surface area contributed by atoms with Crippen molar-refractivity contribution in [2.24, 2.45) is 0 Å². The lowest BCUT2D eigenvalue weighted by molar-refractivity contribution is -0.513. The van der Waals surface area contributed by atoms with Gasteiger partial charge in [-0.15, -0.1) is 0 Å². The van der Waals surface area contributed by atoms with E-state index in [9.17, 15) is 4.79 Å². The highest BCUT2D eigenvalue weighted by atomic mass is 35.5. The Morgan fingerprint density at radius 3 is 2.81 bits per heavy atom. The normalized spacial score (nSPS) is 10.9. The highest BCUT2D eigenvalue weighted by Gasteiger charge is 2.25. The van der Waals surface area contributed by atoms with E-state index in [-0.39, 0.29) is 5.91 Å². The maximum atomic E-state index is 12.8. The lowest BCUT2D eigenvalue weighted by Gasteiger charge is -1.99. The molecule has 5 nitrogen and oxygen atoms in total. The number of carbonyl (C=O) groups excluding carboxylic acids is 1. The first-order chi connectivity index (χ1) is 13.2. The summed E-state index contributed by atoms with van der Waals surface area (Å²) >= 11 is 6.14. The van der Waals surface area contributed by atoms with Gasteiger partial charge in [-0.2, -0.15) is 4.40 Å². The van der Waals surface area contributed by atoms with Crippen LogP contribution in [0.4, 0.5) is 0 Å². The predicted molar refractivity (Wildman–Crippen MR) is 103 cm³/mol. The van der Waals surface area contributed by atoms with Crippen LogP contribution in [0, 0.1) is 0 Å². The molecule has 3 aromatic heterocycles. The van der Waals surface area contributed by atoms with Crippen molar-refractivity contribution < 1.29 is 14.2 Å². The van der Waals surface area contributed by atoms with Crippen molar-refractivity contribution in [2.45, 2.75) is 6.42 Å². The summed E-state index contributed by atoms with van der Waals surface area (Å²) in [5.41, 5.74) is 3.78. The molecule has 134 valence electrons. The van der Waals surface area contributed by atoms with E-state index in [0.29, 0.717) is 17.4 Å². The first kappa shape index (κ1) is 17.2. The average molecular weight is 379 g/mol. The Labute approximate surface area is 161 Å². The van der Waals surface area contributed by atoms with Crippen molar-refractivity contribution in [3.05, 3.63) is 89.6 Å². The molecule has 0 saturated carbocycles. The van der Waals surface area contributed by atoms with Crippen LogP contribution in [0.2, 0.25) is 5.02 Å². The number of aromatic nitrogens is 3. The number of carbonyl (C=O) groups is 1. The summed E-state index contributed by atoms with van der Waals surface area (Å²) in [4.78, 5) is 19.2. The van der Waals surface area contributed by atoms with E-state index in [1.165, 1.54) is 0 Å². The van der Waals surface area contributed by atoms with Gasteiger partial charge >= 0.3 is 11.7 Å². The van der Waals surface area contributed by atoms with Crippen LogP contribution in [-0.4, -0.2) is 17.4 Å². The lowest BCUT2D eigenvalue weighted by Crippen LogP contribution is -2.36. The minimum Gasteiger partial charge on any atom is -0.345 e. The number of H-pyrrole nitrogens is 2. The summed E-state index contributed by atoms with van der Waals surface area (Å²) in [5.74, 6) is 0.332. The summed E-state index contributed by atoms with van der Waals surface area (Å²) < 4.78 is 1.86. The van der Waals surface area contributed by atoms with Crippen molar-refractivity contribution in [2.75, 3.05) is 6.54 Å². The Hall–Kier alpha value is -3.18. The molecule has 0 spiro atoms. The molecule has 0 aliphatic heterocycles. The minimum atomic E-state index is -0.152. The third-order valence-corrected chi connectivity index (χ3v) is 4.62. The van der Waals surface area contributed by atoms with Gasteiger partial charge in [0.1, 0.15) is 0 Å². The van der Waals surface area contributed by atoms with Crippen LogP contribution in [0.1, 0.15) is 16.3 Å². The molecular weight excluding hydrogens is 360 g/mol. The SMILES string of the molecule is O=C(NCCc1cccc[nH+]1)c1[nH]c(-c2cccc(Cl)c2)c2cccc[n+]12. The van der Waals surface area contributed by atoms with E-state index in [1.807, 2.05) is 77.5 Å². The lowest BCUT2D eigenvalue weighted by atomic mass is 10.1. The van der Waals surface area contributed by atoms with E-state index in [0.717, 1.165) is 28.9 Å². The maximum Gasteiger partial charge on any atom is 0.351 e. The standard InChI is InChI=1S/C21H17ClN4O/c22-16-7-5-6-15(14-16)19-18-9-2-4-13-26(18)20(25-19)21(27)24-12-10-17-8-1-3-11-23-17/h1-9,11,13-14H,10,12H2,(H,24,27)/p+2. The molecule has 6 heteroatoms. The van der Waals surface area contributed by atoms with E-state index in [2.05, 4.69) is 15.3 Å². The molecule has 4 aromatic rings. The fourth-order valence-electron chi connectivity index (χ4n) is 3.10. The predicted octanol–water partition coefficient (Wildman–Crippen LogP) is 2.86. The van der Waals surface area contributed by atoms with Crippen molar-refractivity contribution in [1.82, 2.24) is 10.3 Å². The van der Waals surface area contributed by atoms with Crippen LogP contribution in [0.25, 0.3) is 16.8 Å². The van der Waals surface area contributed by atoms with E-state index < -0.39 is 0 Å². The fourth-order valence-corrected chi connectivity index (χ4v) is 3.29. The third kappa shape index (κ3) is 3.68. The van der Waals surface area contributed by atoms with Gasteiger partial charge < -0.3 is 5.32 Å². The van der Waals surface area contributed by atoms with Gasteiger partial charge in [-0.3, -0.25) is 4.79 Å². The number of hydrogen-bond acceptors (Lipinski definition) is 1. The Balaban J connectivity index is 1.61. The quantitative estimate of drug-likeness (QED) is 0.515. The minimum absolute atomic E-state index is 0.152. The van der Waals surface area contributed by atoms with E-state index in [4.69, 9.17) is 11.6 Å². The molecule has 0 aliphatic carbocycles. The Morgan fingerprint density at radius 2 is 2.00 bits per heavy atom. The zero-order valence-electron chi connectivity index (χ0n) is 14.6. The summed E-state index contributed by atoms with van der Waals surface area (Å²) in [6, 6.07) is 19.3. The second kappa shape index (κ2) is 7.60. The van der Waals surface area contributed by atoms with Gasteiger partial charge in [0.25, 0.3) is 0 Å². The molecule has 0 unspecified atom stereocenters. The number of halogens is 1. The van der Waals surface area contributed by atoms with Gasteiger partial charge in [0.15, 0.2) is 23.1 Å². The monoisotopic (exact) mass is 378 g/mol. The molecular formula is C21H19ClN4O+2. The summed E-state index contributed by atoms with van der Waals surface area (Å²) in [6.45, 7) is 0.541. The van der Waals surface area contributed by atoms with Gasteiger partial charge in [0.05, 0.1) is 6.20 Å². The number of nitrogens with zero attached hydrogens (tertiary/aromatic N) is 1. The summed E-state index contributed by atoms with van der Waals surface area (Å²) in [6.07, 6.45) is 4.49. The van der Waals surface area contributed by atoms with Crippen molar-refractivity contribution >= 4 is 23.0 Å². The molecule has 3 heterocycles. The molecule has 27 heavy (non-hydrogen) atoms. The Kier molecular flexibility index (Phi) is 4.85. The van der Waals surface area contributed by atoms with Gasteiger partial charge in [-0.25, -0.2) is 9.97 Å². The topological polar surface area (TPSA) is 63.1 Å². The number of aromatic amines is 2. The Morgan fingerprint density at radius 1 is 1.11 bits per heavy atom. The molecule has 4 rings (SSSR count). The number of imidazole rings is 1. The molecule has 1 aromatic carbocycles. The number of benzene rings is 1. The second-order valence-electron chi connectivity index (χ2n) is 6.21. The highest BCUT2D eigenvalue weighted by Crippen LogP contribution is 2.24. The van der Waals surface area contributed by atoms with Crippen molar-refractivity contribution in [1.29, 1.82) is 0 Å². The molecule has 0 bridgehead atoms. The summed E-state index contributed by atoms with van der Waals surface area (Å²) in [7, 11) is 0. The molecule has 1 amide bonds. The summed E-state index contributed by atoms with van der Waals surface area (Å²) in [5, 5.41) is 3.63. The maximum absolute atomic E-state index is 12.8. The molecule has 0 radical (unpaired) electrons. The smallest absolute Gasteiger partial charge is 0.345 e. The van der Waals surface area contributed by atoms with Gasteiger partial charge in [-0.05, 0) is 24.3 Å². The van der Waals surface area contributed by atoms with Crippen LogP contribution in [0.3, 0.4) is 0 Å². The number of amides is 1. The molecule has 0 saturated heterocycles. The first-order valence-corrected chi connectivity index (χ1v) is 9.12. The number of hydrogen-bond donors (Lipinski definition) is 2.